The van der Waals surface area contributed by atoms with Crippen molar-refractivity contribution in [2.45, 2.75) is 58.7 Å². The number of rotatable bonds is 10. The molecule has 2 aromatic rings. The Bertz CT molecular complexity index is 780. The molecule has 0 unspecified atom stereocenters. The summed E-state index contributed by atoms with van der Waals surface area (Å²) in [7, 11) is 0. The summed E-state index contributed by atoms with van der Waals surface area (Å²) < 4.78 is 5.64. The first-order valence-electron chi connectivity index (χ1n) is 11.3. The zero-order valence-electron chi connectivity index (χ0n) is 18.7. The van der Waals surface area contributed by atoms with Gasteiger partial charge >= 0.3 is 6.09 Å². The zero-order chi connectivity index (χ0) is 21.4. The molecule has 0 bridgehead atoms. The predicted octanol–water partition coefficient (Wildman–Crippen LogP) is 5.73. The van der Waals surface area contributed by atoms with Crippen LogP contribution in [0.25, 0.3) is 0 Å². The fourth-order valence-electron chi connectivity index (χ4n) is 4.73. The molecule has 1 fully saturated rings. The third-order valence-corrected chi connectivity index (χ3v) is 6.73. The van der Waals surface area contributed by atoms with E-state index in [0.717, 1.165) is 51.0 Å². The van der Waals surface area contributed by atoms with Gasteiger partial charge in [0.2, 0.25) is 0 Å². The Morgan fingerprint density at radius 1 is 1.07 bits per heavy atom. The Kier molecular flexibility index (Phi) is 7.92. The molecule has 30 heavy (non-hydrogen) atoms. The van der Waals surface area contributed by atoms with Gasteiger partial charge in [-0.05, 0) is 49.4 Å². The summed E-state index contributed by atoms with van der Waals surface area (Å²) in [5.74, 6) is 0.510. The van der Waals surface area contributed by atoms with Crippen molar-refractivity contribution in [3.05, 3.63) is 71.8 Å². The van der Waals surface area contributed by atoms with Gasteiger partial charge in [0.25, 0.3) is 0 Å². The van der Waals surface area contributed by atoms with E-state index < -0.39 is 0 Å². The summed E-state index contributed by atoms with van der Waals surface area (Å²) in [5, 5.41) is 0. The normalized spacial score (nSPS) is 20.8. The molecule has 0 aromatic heterocycles. The summed E-state index contributed by atoms with van der Waals surface area (Å²) >= 11 is 0. The molecule has 2 aromatic carbocycles. The number of amides is 1. The van der Waals surface area contributed by atoms with Gasteiger partial charge in [-0.3, -0.25) is 4.90 Å². The van der Waals surface area contributed by atoms with Crippen molar-refractivity contribution >= 4 is 6.09 Å². The van der Waals surface area contributed by atoms with Gasteiger partial charge in [0.15, 0.2) is 0 Å². The van der Waals surface area contributed by atoms with Crippen molar-refractivity contribution < 1.29 is 9.53 Å². The summed E-state index contributed by atoms with van der Waals surface area (Å²) in [6, 6.07) is 20.5. The Morgan fingerprint density at radius 2 is 1.70 bits per heavy atom. The summed E-state index contributed by atoms with van der Waals surface area (Å²) in [6.45, 7) is 10.9. The van der Waals surface area contributed by atoms with E-state index >= 15 is 0 Å². The maximum absolute atomic E-state index is 12.8. The first kappa shape index (κ1) is 22.4. The van der Waals surface area contributed by atoms with Crippen molar-refractivity contribution in [2.75, 3.05) is 19.6 Å². The topological polar surface area (TPSA) is 32.8 Å². The highest BCUT2D eigenvalue weighted by Crippen LogP contribution is 2.43. The Labute approximate surface area is 181 Å². The molecule has 1 saturated heterocycles. The van der Waals surface area contributed by atoms with Gasteiger partial charge in [0.1, 0.15) is 6.61 Å². The predicted molar refractivity (Wildman–Crippen MR) is 122 cm³/mol. The van der Waals surface area contributed by atoms with E-state index in [9.17, 15) is 4.79 Å². The number of hydrogen-bond acceptors (Lipinski definition) is 3. The number of benzene rings is 2. The maximum atomic E-state index is 12.8. The fraction of sp³-hybridized carbons (Fsp3) is 0.500. The van der Waals surface area contributed by atoms with E-state index in [4.69, 9.17) is 4.74 Å². The Morgan fingerprint density at radius 3 is 2.27 bits per heavy atom. The number of nitrogens with zero attached hydrogens (tertiary/aromatic N) is 2. The number of ether oxygens (including phenoxy) is 1. The average Bonchev–Trinajstić information content (AvgIpc) is 2.79. The van der Waals surface area contributed by atoms with Gasteiger partial charge in [-0.15, -0.1) is 0 Å². The molecule has 0 saturated carbocycles. The van der Waals surface area contributed by atoms with E-state index in [1.54, 1.807) is 0 Å². The second kappa shape index (κ2) is 10.6. The van der Waals surface area contributed by atoms with Gasteiger partial charge in [0.05, 0.1) is 5.54 Å². The highest BCUT2D eigenvalue weighted by molar-refractivity contribution is 5.70. The Balaban J connectivity index is 1.53. The SMILES string of the molecule is CCN(CCC[C@@]1(CC)[C@@H](C)CN1C(=O)OCc1ccccc1)Cc1ccccc1. The quantitative estimate of drug-likeness (QED) is 0.503. The minimum absolute atomic E-state index is 0.0695. The van der Waals surface area contributed by atoms with Crippen LogP contribution in [0.3, 0.4) is 0 Å². The molecule has 4 nitrogen and oxygen atoms in total. The first-order valence-corrected chi connectivity index (χ1v) is 11.3. The van der Waals surface area contributed by atoms with Crippen molar-refractivity contribution in [3.8, 4) is 0 Å². The number of hydrogen-bond donors (Lipinski definition) is 0. The van der Waals surface area contributed by atoms with Crippen LogP contribution in [0.5, 0.6) is 0 Å². The molecule has 0 spiro atoms. The minimum atomic E-state index is -0.171. The molecule has 0 radical (unpaired) electrons. The first-order chi connectivity index (χ1) is 14.6. The maximum Gasteiger partial charge on any atom is 0.410 e. The van der Waals surface area contributed by atoms with Crippen molar-refractivity contribution in [1.29, 1.82) is 0 Å². The van der Waals surface area contributed by atoms with Crippen molar-refractivity contribution in [3.63, 3.8) is 0 Å². The van der Waals surface area contributed by atoms with Gasteiger partial charge in [0, 0.05) is 13.1 Å². The number of likely N-dealkylation sites (tertiary alicyclic amines) is 1. The van der Waals surface area contributed by atoms with Crippen molar-refractivity contribution in [1.82, 2.24) is 9.80 Å². The molecular formula is C26H36N2O2. The molecule has 162 valence electrons. The van der Waals surface area contributed by atoms with Gasteiger partial charge in [-0.1, -0.05) is 81.4 Å². The summed E-state index contributed by atoms with van der Waals surface area (Å²) in [5.41, 5.74) is 2.31. The summed E-state index contributed by atoms with van der Waals surface area (Å²) in [6.07, 6.45) is 2.91. The highest BCUT2D eigenvalue weighted by Gasteiger charge is 2.52. The van der Waals surface area contributed by atoms with Crippen LogP contribution in [0.15, 0.2) is 60.7 Å². The lowest BCUT2D eigenvalue weighted by Crippen LogP contribution is -2.67. The van der Waals surface area contributed by atoms with E-state index in [1.165, 1.54) is 5.56 Å². The fourth-order valence-corrected chi connectivity index (χ4v) is 4.73. The molecule has 0 aliphatic carbocycles. The molecule has 1 aliphatic rings. The van der Waals surface area contributed by atoms with Crippen LogP contribution in [0, 0.1) is 5.92 Å². The van der Waals surface area contributed by atoms with E-state index in [1.807, 2.05) is 35.2 Å². The number of carbonyl (C=O) groups excluding carboxylic acids is 1. The summed E-state index contributed by atoms with van der Waals surface area (Å²) in [4.78, 5) is 17.3. The molecule has 3 rings (SSSR count). The molecule has 1 amide bonds. The molecule has 4 heteroatoms. The largest absolute Gasteiger partial charge is 0.445 e. The van der Waals surface area contributed by atoms with Crippen LogP contribution in [-0.2, 0) is 17.9 Å². The second-order valence-electron chi connectivity index (χ2n) is 8.47. The third kappa shape index (κ3) is 5.23. The molecule has 2 atom stereocenters. The van der Waals surface area contributed by atoms with Crippen LogP contribution in [0.4, 0.5) is 4.79 Å². The lowest BCUT2D eigenvalue weighted by atomic mass is 9.70. The standard InChI is InChI=1S/C26H36N2O2/c1-4-26(17-12-18-27(5-2)20-23-13-8-6-9-14-23)22(3)19-28(26)25(29)30-21-24-15-10-7-11-16-24/h6-11,13-16,22H,4-5,12,17-21H2,1-3H3/t22-,26-/m0/s1. The van der Waals surface area contributed by atoms with Crippen molar-refractivity contribution in [2.24, 2.45) is 5.92 Å². The van der Waals surface area contributed by atoms with E-state index in [-0.39, 0.29) is 11.6 Å². The van der Waals surface area contributed by atoms with Gasteiger partial charge in [-0.25, -0.2) is 4.79 Å². The van der Waals surface area contributed by atoms with E-state index in [0.29, 0.717) is 12.5 Å². The molecule has 1 aliphatic heterocycles. The third-order valence-electron chi connectivity index (χ3n) is 6.73. The average molecular weight is 409 g/mol. The smallest absolute Gasteiger partial charge is 0.410 e. The lowest BCUT2D eigenvalue weighted by Gasteiger charge is -2.57. The van der Waals surface area contributed by atoms with Crippen LogP contribution in [0.1, 0.15) is 51.2 Å². The van der Waals surface area contributed by atoms with Crippen LogP contribution in [0.2, 0.25) is 0 Å². The molecule has 0 N–H and O–H groups in total. The van der Waals surface area contributed by atoms with Crippen LogP contribution in [-0.4, -0.2) is 41.1 Å². The molecular weight excluding hydrogens is 372 g/mol. The minimum Gasteiger partial charge on any atom is -0.445 e. The van der Waals surface area contributed by atoms with Crippen LogP contribution >= 0.6 is 0 Å². The monoisotopic (exact) mass is 408 g/mol. The van der Waals surface area contributed by atoms with Gasteiger partial charge < -0.3 is 9.64 Å². The van der Waals surface area contributed by atoms with Crippen LogP contribution < -0.4 is 0 Å². The van der Waals surface area contributed by atoms with Gasteiger partial charge in [-0.2, -0.15) is 0 Å². The second-order valence-corrected chi connectivity index (χ2v) is 8.47. The molecule has 1 heterocycles. The lowest BCUT2D eigenvalue weighted by molar-refractivity contribution is -0.0730. The number of carbonyl (C=O) groups is 1. The zero-order valence-corrected chi connectivity index (χ0v) is 18.7. The van der Waals surface area contributed by atoms with E-state index in [2.05, 4.69) is 56.0 Å². The highest BCUT2D eigenvalue weighted by atomic mass is 16.6. The Hall–Kier alpha value is -2.33.